The van der Waals surface area contributed by atoms with Gasteiger partial charge in [0.05, 0.1) is 17.7 Å². The van der Waals surface area contributed by atoms with Crippen molar-refractivity contribution in [1.29, 1.82) is 0 Å². The van der Waals surface area contributed by atoms with Crippen molar-refractivity contribution in [2.24, 2.45) is 4.99 Å². The van der Waals surface area contributed by atoms with Crippen molar-refractivity contribution in [2.45, 2.75) is 10.3 Å². The average Bonchev–Trinajstić information content (AvgIpc) is 3.17. The Hall–Kier alpha value is -2.79. The molecule has 0 bridgehead atoms. The molecular formula is C19H14N2O2S. The second-order valence-corrected chi connectivity index (χ2v) is 6.43. The van der Waals surface area contributed by atoms with Crippen LogP contribution in [0.2, 0.25) is 0 Å². The molecule has 0 unspecified atom stereocenters. The number of nitrogens with one attached hydrogen (secondary N) is 1. The summed E-state index contributed by atoms with van der Waals surface area (Å²) in [6.07, 6.45) is 1.49. The summed E-state index contributed by atoms with van der Waals surface area (Å²) < 4.78 is 5.19. The SMILES string of the molecule is O=C(N[C@H]1Sc2ccccc2N=C1c1ccccc1)c1ccco1. The minimum atomic E-state index is -0.278. The average molecular weight is 334 g/mol. The lowest BCUT2D eigenvalue weighted by atomic mass is 10.1. The molecule has 1 amide bonds. The van der Waals surface area contributed by atoms with Gasteiger partial charge in [0, 0.05) is 4.90 Å². The van der Waals surface area contributed by atoms with Crippen LogP contribution in [0.25, 0.3) is 0 Å². The Kier molecular flexibility index (Phi) is 3.92. The van der Waals surface area contributed by atoms with Crippen molar-refractivity contribution >= 4 is 29.1 Å². The summed E-state index contributed by atoms with van der Waals surface area (Å²) in [5.41, 5.74) is 2.74. The van der Waals surface area contributed by atoms with E-state index in [0.717, 1.165) is 21.9 Å². The monoisotopic (exact) mass is 334 g/mol. The number of carbonyl (C=O) groups is 1. The first kappa shape index (κ1) is 14.8. The fraction of sp³-hybridized carbons (Fsp3) is 0.0526. The molecule has 1 atom stereocenters. The molecule has 1 aliphatic heterocycles. The molecule has 2 heterocycles. The first-order valence-electron chi connectivity index (χ1n) is 7.55. The van der Waals surface area contributed by atoms with E-state index in [-0.39, 0.29) is 11.3 Å². The van der Waals surface area contributed by atoms with Gasteiger partial charge in [0.1, 0.15) is 5.37 Å². The van der Waals surface area contributed by atoms with Gasteiger partial charge in [-0.05, 0) is 29.8 Å². The van der Waals surface area contributed by atoms with Gasteiger partial charge in [-0.3, -0.25) is 4.79 Å². The Balaban J connectivity index is 1.71. The van der Waals surface area contributed by atoms with E-state index in [0.29, 0.717) is 5.76 Å². The summed E-state index contributed by atoms with van der Waals surface area (Å²) in [4.78, 5) is 18.2. The van der Waals surface area contributed by atoms with Crippen molar-refractivity contribution < 1.29 is 9.21 Å². The summed E-state index contributed by atoms with van der Waals surface area (Å²) in [5.74, 6) is 0.0439. The standard InChI is InChI=1S/C19H14N2O2S/c22-18(15-10-6-12-23-15)21-19-17(13-7-2-1-3-8-13)20-14-9-4-5-11-16(14)24-19/h1-12,19H,(H,21,22)/t19-/m0/s1. The van der Waals surface area contributed by atoms with Crippen LogP contribution in [-0.4, -0.2) is 17.0 Å². The Morgan fingerprint density at radius 1 is 1.00 bits per heavy atom. The highest BCUT2D eigenvalue weighted by molar-refractivity contribution is 8.00. The van der Waals surface area contributed by atoms with Crippen LogP contribution in [0.1, 0.15) is 16.1 Å². The molecule has 5 heteroatoms. The molecule has 0 saturated heterocycles. The van der Waals surface area contributed by atoms with Crippen LogP contribution in [0.15, 0.2) is 87.3 Å². The maximum atomic E-state index is 12.4. The van der Waals surface area contributed by atoms with Gasteiger partial charge >= 0.3 is 0 Å². The Morgan fingerprint density at radius 3 is 2.58 bits per heavy atom. The summed E-state index contributed by atoms with van der Waals surface area (Å²) in [7, 11) is 0. The fourth-order valence-corrected chi connectivity index (χ4v) is 3.65. The van der Waals surface area contributed by atoms with Crippen LogP contribution >= 0.6 is 11.8 Å². The number of amides is 1. The fourth-order valence-electron chi connectivity index (χ4n) is 2.54. The topological polar surface area (TPSA) is 54.6 Å². The van der Waals surface area contributed by atoms with E-state index in [1.165, 1.54) is 6.26 Å². The van der Waals surface area contributed by atoms with E-state index < -0.39 is 0 Å². The quantitative estimate of drug-likeness (QED) is 0.778. The zero-order chi connectivity index (χ0) is 16.4. The van der Waals surface area contributed by atoms with Crippen molar-refractivity contribution in [3.63, 3.8) is 0 Å². The maximum Gasteiger partial charge on any atom is 0.288 e. The molecule has 1 aliphatic rings. The first-order valence-corrected chi connectivity index (χ1v) is 8.43. The minimum absolute atomic E-state index is 0.250. The van der Waals surface area contributed by atoms with Crippen molar-refractivity contribution in [3.8, 4) is 0 Å². The minimum Gasteiger partial charge on any atom is -0.459 e. The maximum absolute atomic E-state index is 12.4. The third kappa shape index (κ3) is 2.86. The first-order chi connectivity index (χ1) is 11.8. The third-order valence-corrected chi connectivity index (χ3v) is 4.85. The summed E-state index contributed by atoms with van der Waals surface area (Å²) in [6, 6.07) is 21.2. The number of thioether (sulfide) groups is 1. The van der Waals surface area contributed by atoms with Gasteiger partial charge in [-0.25, -0.2) is 4.99 Å². The van der Waals surface area contributed by atoms with E-state index in [1.54, 1.807) is 23.9 Å². The summed E-state index contributed by atoms with van der Waals surface area (Å²) >= 11 is 1.58. The van der Waals surface area contributed by atoms with Crippen molar-refractivity contribution in [3.05, 3.63) is 84.3 Å². The summed E-state index contributed by atoms with van der Waals surface area (Å²) in [5, 5.41) is 2.73. The van der Waals surface area contributed by atoms with E-state index in [4.69, 9.17) is 9.41 Å². The Labute approximate surface area is 143 Å². The Bertz CT molecular complexity index is 889. The molecule has 0 saturated carbocycles. The number of rotatable bonds is 3. The van der Waals surface area contributed by atoms with E-state index >= 15 is 0 Å². The lowest BCUT2D eigenvalue weighted by Gasteiger charge is -2.25. The van der Waals surface area contributed by atoms with Gasteiger partial charge < -0.3 is 9.73 Å². The normalized spacial score (nSPS) is 16.2. The van der Waals surface area contributed by atoms with Crippen LogP contribution < -0.4 is 5.32 Å². The highest BCUT2D eigenvalue weighted by Gasteiger charge is 2.27. The van der Waals surface area contributed by atoms with Gasteiger partial charge in [-0.15, -0.1) is 0 Å². The molecule has 0 aliphatic carbocycles. The lowest BCUT2D eigenvalue weighted by Crippen LogP contribution is -2.39. The number of hydrogen-bond donors (Lipinski definition) is 1. The van der Waals surface area contributed by atoms with E-state index in [2.05, 4.69) is 5.32 Å². The number of para-hydroxylation sites is 1. The predicted molar refractivity (Wildman–Crippen MR) is 94.9 cm³/mol. The van der Waals surface area contributed by atoms with Crippen LogP contribution in [0, 0.1) is 0 Å². The largest absolute Gasteiger partial charge is 0.459 e. The lowest BCUT2D eigenvalue weighted by molar-refractivity contribution is 0.0928. The Morgan fingerprint density at radius 2 is 1.79 bits per heavy atom. The third-order valence-electron chi connectivity index (χ3n) is 3.68. The molecule has 1 aromatic heterocycles. The van der Waals surface area contributed by atoms with Crippen molar-refractivity contribution in [1.82, 2.24) is 5.32 Å². The van der Waals surface area contributed by atoms with Crippen LogP contribution in [0.4, 0.5) is 5.69 Å². The van der Waals surface area contributed by atoms with Gasteiger partial charge in [0.2, 0.25) is 0 Å². The van der Waals surface area contributed by atoms with Crippen LogP contribution in [-0.2, 0) is 0 Å². The second kappa shape index (κ2) is 6.37. The zero-order valence-corrected chi connectivity index (χ0v) is 13.5. The van der Waals surface area contributed by atoms with Gasteiger partial charge in [-0.2, -0.15) is 0 Å². The van der Waals surface area contributed by atoms with Crippen LogP contribution in [0.5, 0.6) is 0 Å². The number of aliphatic imine (C=N–C) groups is 1. The van der Waals surface area contributed by atoms with Gasteiger partial charge in [0.25, 0.3) is 5.91 Å². The number of benzene rings is 2. The summed E-state index contributed by atoms with van der Waals surface area (Å²) in [6.45, 7) is 0. The smallest absolute Gasteiger partial charge is 0.288 e. The van der Waals surface area contributed by atoms with Crippen molar-refractivity contribution in [2.75, 3.05) is 0 Å². The molecule has 118 valence electrons. The molecule has 2 aromatic carbocycles. The molecule has 0 spiro atoms. The molecule has 3 aromatic rings. The zero-order valence-electron chi connectivity index (χ0n) is 12.7. The van der Waals surface area contributed by atoms with E-state index in [1.807, 2.05) is 54.6 Å². The van der Waals surface area contributed by atoms with E-state index in [9.17, 15) is 4.79 Å². The van der Waals surface area contributed by atoms with Crippen LogP contribution in [0.3, 0.4) is 0 Å². The number of nitrogens with zero attached hydrogens (tertiary/aromatic N) is 1. The highest BCUT2D eigenvalue weighted by atomic mass is 32.2. The molecule has 4 nitrogen and oxygen atoms in total. The highest BCUT2D eigenvalue weighted by Crippen LogP contribution is 2.38. The molecule has 0 fully saturated rings. The predicted octanol–water partition coefficient (Wildman–Crippen LogP) is 4.26. The molecule has 4 rings (SSSR count). The number of carbonyl (C=O) groups excluding carboxylic acids is 1. The molecule has 0 radical (unpaired) electrons. The van der Waals surface area contributed by atoms with Gasteiger partial charge in [0.15, 0.2) is 5.76 Å². The molecular weight excluding hydrogens is 320 g/mol. The molecule has 1 N–H and O–H groups in total. The number of furan rings is 1. The van der Waals surface area contributed by atoms with Gasteiger partial charge in [-0.1, -0.05) is 54.2 Å². The molecule has 24 heavy (non-hydrogen) atoms. The number of fused-ring (bicyclic) bond motifs is 1. The second-order valence-electron chi connectivity index (χ2n) is 5.28. The number of hydrogen-bond acceptors (Lipinski definition) is 4.